The van der Waals surface area contributed by atoms with E-state index in [0.29, 0.717) is 0 Å². The van der Waals surface area contributed by atoms with Gasteiger partial charge in [-0.2, -0.15) is 5.10 Å². The smallest absolute Gasteiger partial charge is 0.156 e. The third-order valence-corrected chi connectivity index (χ3v) is 3.84. The summed E-state index contributed by atoms with van der Waals surface area (Å²) in [5.41, 5.74) is 3.77. The molecule has 0 aliphatic rings. The molecular weight excluding hydrogens is 282 g/mol. The van der Waals surface area contributed by atoms with Crippen LogP contribution < -0.4 is 0 Å². The first-order chi connectivity index (χ1) is 8.04. The second-order valence-corrected chi connectivity index (χ2v) is 4.83. The minimum absolute atomic E-state index is 0.00886. The molecule has 0 aliphatic carbocycles. The summed E-state index contributed by atoms with van der Waals surface area (Å²) in [6.07, 6.45) is 1.67. The lowest BCUT2D eigenvalue weighted by molar-refractivity contribution is 0.281. The Labute approximate surface area is 108 Å². The van der Waals surface area contributed by atoms with Crippen LogP contribution in [0, 0.1) is 20.8 Å². The minimum Gasteiger partial charge on any atom is -0.392 e. The van der Waals surface area contributed by atoms with Gasteiger partial charge in [-0.05, 0) is 53.9 Å². The highest BCUT2D eigenvalue weighted by Crippen LogP contribution is 2.23. The molecule has 0 radical (unpaired) electrons. The summed E-state index contributed by atoms with van der Waals surface area (Å²) < 4.78 is 2.82. The highest BCUT2D eigenvalue weighted by atomic mass is 79.9. The Bertz CT molecular complexity index is 563. The van der Waals surface area contributed by atoms with Gasteiger partial charge in [0, 0.05) is 6.20 Å². The molecule has 0 aromatic carbocycles. The first-order valence-electron chi connectivity index (χ1n) is 5.33. The number of aliphatic hydroxyl groups is 1. The predicted molar refractivity (Wildman–Crippen MR) is 69.2 cm³/mol. The molecule has 90 valence electrons. The summed E-state index contributed by atoms with van der Waals surface area (Å²) in [6, 6.07) is 1.92. The molecule has 5 heteroatoms. The molecule has 1 N–H and O–H groups in total. The van der Waals surface area contributed by atoms with Crippen molar-refractivity contribution in [2.24, 2.45) is 0 Å². The first kappa shape index (κ1) is 12.3. The maximum Gasteiger partial charge on any atom is 0.156 e. The second kappa shape index (κ2) is 4.58. The average molecular weight is 296 g/mol. The number of hydrogen-bond acceptors (Lipinski definition) is 3. The second-order valence-electron chi connectivity index (χ2n) is 4.04. The number of rotatable bonds is 2. The maximum absolute atomic E-state index is 9.06. The summed E-state index contributed by atoms with van der Waals surface area (Å²) in [5.74, 6) is 0.800. The zero-order chi connectivity index (χ0) is 12.6. The number of aryl methyl sites for hydroxylation is 2. The van der Waals surface area contributed by atoms with Crippen LogP contribution in [0.1, 0.15) is 22.5 Å². The van der Waals surface area contributed by atoms with Crippen molar-refractivity contribution in [3.05, 3.63) is 39.3 Å². The van der Waals surface area contributed by atoms with Crippen molar-refractivity contribution in [1.82, 2.24) is 14.8 Å². The molecule has 0 unspecified atom stereocenters. The number of aliphatic hydroxyl groups excluding tert-OH is 1. The topological polar surface area (TPSA) is 50.9 Å². The van der Waals surface area contributed by atoms with Crippen molar-refractivity contribution < 1.29 is 5.11 Å². The van der Waals surface area contributed by atoms with Gasteiger partial charge in [0.2, 0.25) is 0 Å². The summed E-state index contributed by atoms with van der Waals surface area (Å²) in [6.45, 7) is 5.91. The van der Waals surface area contributed by atoms with E-state index in [2.05, 4.69) is 26.0 Å². The van der Waals surface area contributed by atoms with E-state index in [0.717, 1.165) is 32.8 Å². The molecule has 0 saturated carbocycles. The van der Waals surface area contributed by atoms with Crippen molar-refractivity contribution in [3.63, 3.8) is 0 Å². The van der Waals surface area contributed by atoms with Gasteiger partial charge in [0.05, 0.1) is 22.5 Å². The molecule has 0 atom stereocenters. The van der Waals surface area contributed by atoms with Crippen LogP contribution in [0.2, 0.25) is 0 Å². The molecule has 2 heterocycles. The highest BCUT2D eigenvalue weighted by Gasteiger charge is 2.13. The quantitative estimate of drug-likeness (QED) is 0.926. The third-order valence-electron chi connectivity index (χ3n) is 2.69. The predicted octanol–water partition coefficient (Wildman–Crippen LogP) is 2.45. The molecule has 0 spiro atoms. The summed E-state index contributed by atoms with van der Waals surface area (Å²) in [5, 5.41) is 13.5. The van der Waals surface area contributed by atoms with Gasteiger partial charge in [-0.3, -0.25) is 0 Å². The number of halogens is 1. The molecule has 0 saturated heterocycles. The molecule has 2 aromatic heterocycles. The molecule has 2 aromatic rings. The van der Waals surface area contributed by atoms with Crippen LogP contribution >= 0.6 is 15.9 Å². The minimum atomic E-state index is 0.00886. The summed E-state index contributed by atoms with van der Waals surface area (Å²) in [4.78, 5) is 4.35. The molecule has 2 rings (SSSR count). The van der Waals surface area contributed by atoms with Crippen LogP contribution in [-0.4, -0.2) is 19.9 Å². The van der Waals surface area contributed by atoms with E-state index >= 15 is 0 Å². The van der Waals surface area contributed by atoms with Gasteiger partial charge >= 0.3 is 0 Å². The Morgan fingerprint density at radius 2 is 2.06 bits per heavy atom. The van der Waals surface area contributed by atoms with Gasteiger partial charge in [-0.1, -0.05) is 0 Å². The molecule has 0 aliphatic heterocycles. The molecule has 0 bridgehead atoms. The average Bonchev–Trinajstić information content (AvgIpc) is 2.57. The fourth-order valence-electron chi connectivity index (χ4n) is 1.76. The molecular formula is C12H14BrN3O. The number of pyridine rings is 1. The Kier molecular flexibility index (Phi) is 3.31. The zero-order valence-corrected chi connectivity index (χ0v) is 11.6. The Morgan fingerprint density at radius 1 is 1.35 bits per heavy atom. The zero-order valence-electron chi connectivity index (χ0n) is 10.0. The normalized spacial score (nSPS) is 10.9. The van der Waals surface area contributed by atoms with E-state index in [-0.39, 0.29) is 6.61 Å². The van der Waals surface area contributed by atoms with E-state index in [9.17, 15) is 0 Å². The fourth-order valence-corrected chi connectivity index (χ4v) is 2.01. The van der Waals surface area contributed by atoms with Gasteiger partial charge in [-0.15, -0.1) is 0 Å². The van der Waals surface area contributed by atoms with Gasteiger partial charge in [0.15, 0.2) is 5.82 Å². The molecule has 0 fully saturated rings. The maximum atomic E-state index is 9.06. The van der Waals surface area contributed by atoms with E-state index in [4.69, 9.17) is 5.11 Å². The van der Waals surface area contributed by atoms with Gasteiger partial charge < -0.3 is 5.11 Å². The van der Waals surface area contributed by atoms with E-state index in [1.165, 1.54) is 0 Å². The molecule has 0 amide bonds. The summed E-state index contributed by atoms with van der Waals surface area (Å²) >= 11 is 3.50. The lowest BCUT2D eigenvalue weighted by Crippen LogP contribution is -2.05. The van der Waals surface area contributed by atoms with E-state index < -0.39 is 0 Å². The Balaban J connectivity index is 2.57. The van der Waals surface area contributed by atoms with Crippen LogP contribution in [0.15, 0.2) is 16.7 Å². The SMILES string of the molecule is Cc1cc(CO)cnc1-n1nc(C)c(Br)c1C. The van der Waals surface area contributed by atoms with Gasteiger partial charge in [0.1, 0.15) is 0 Å². The number of aromatic nitrogens is 3. The standard InChI is InChI=1S/C12H14BrN3O/c1-7-4-10(6-17)5-14-12(7)16-9(3)11(13)8(2)15-16/h4-5,17H,6H2,1-3H3. The lowest BCUT2D eigenvalue weighted by Gasteiger charge is -2.08. The van der Waals surface area contributed by atoms with Crippen molar-refractivity contribution in [1.29, 1.82) is 0 Å². The molecule has 17 heavy (non-hydrogen) atoms. The van der Waals surface area contributed by atoms with Crippen LogP contribution in [0.5, 0.6) is 0 Å². The van der Waals surface area contributed by atoms with Crippen molar-refractivity contribution in [2.45, 2.75) is 27.4 Å². The van der Waals surface area contributed by atoms with Crippen molar-refractivity contribution in [3.8, 4) is 5.82 Å². The summed E-state index contributed by atoms with van der Waals surface area (Å²) in [7, 11) is 0. The monoisotopic (exact) mass is 295 g/mol. The Morgan fingerprint density at radius 3 is 2.53 bits per heavy atom. The third kappa shape index (κ3) is 2.12. The van der Waals surface area contributed by atoms with Crippen LogP contribution in [0.3, 0.4) is 0 Å². The van der Waals surface area contributed by atoms with Crippen LogP contribution in [0.25, 0.3) is 5.82 Å². The van der Waals surface area contributed by atoms with Gasteiger partial charge in [-0.25, -0.2) is 9.67 Å². The lowest BCUT2D eigenvalue weighted by atomic mass is 10.2. The van der Waals surface area contributed by atoms with Gasteiger partial charge in [0.25, 0.3) is 0 Å². The molecule has 4 nitrogen and oxygen atoms in total. The van der Waals surface area contributed by atoms with Crippen molar-refractivity contribution >= 4 is 15.9 Å². The highest BCUT2D eigenvalue weighted by molar-refractivity contribution is 9.10. The number of hydrogen-bond donors (Lipinski definition) is 1. The largest absolute Gasteiger partial charge is 0.392 e. The van der Waals surface area contributed by atoms with Crippen molar-refractivity contribution in [2.75, 3.05) is 0 Å². The van der Waals surface area contributed by atoms with Crippen LogP contribution in [-0.2, 0) is 6.61 Å². The first-order valence-corrected chi connectivity index (χ1v) is 6.12. The van der Waals surface area contributed by atoms with Crippen LogP contribution in [0.4, 0.5) is 0 Å². The van der Waals surface area contributed by atoms with E-state index in [1.54, 1.807) is 6.20 Å². The Hall–Kier alpha value is -1.20. The number of nitrogens with zero attached hydrogens (tertiary/aromatic N) is 3. The van der Waals surface area contributed by atoms with E-state index in [1.807, 2.05) is 31.5 Å². The fraction of sp³-hybridized carbons (Fsp3) is 0.333.